The van der Waals surface area contributed by atoms with E-state index in [4.69, 9.17) is 33.2 Å². The van der Waals surface area contributed by atoms with Gasteiger partial charge in [0.25, 0.3) is 0 Å². The minimum absolute atomic E-state index is 0.0427. The average Bonchev–Trinajstić information content (AvgIpc) is 3.24. The highest BCUT2D eigenvalue weighted by atomic mass is 16.7. The average molecular weight is 844 g/mol. The van der Waals surface area contributed by atoms with Gasteiger partial charge >= 0.3 is 6.01 Å². The SMILES string of the molecule is CCCCCC(CC)OC(O)(COCCCC)COc1ccc(-c2nc(OC)nc(-c3ccc(OCC(O)(COCCCC)OC(CC)CCCCC)cc3O)n2)c(O)c1. The Bertz CT molecular complexity index is 1540. The standard InChI is InChI=1S/C46H73N3O11/c1-8-14-18-20-34(12-5)59-45(52,30-55-26-16-10-3)32-57-36-22-24-38(40(50)28-36)42-47-43(49-44(48-42)54-7)39-25-23-37(29-41(39)51)58-33-46(53,31-56-27-17-11-4)60-35(13-6)21-19-15-9-2/h22-25,28-29,34-35,50-53H,8-21,26-27,30-33H2,1-7H3. The molecule has 3 rings (SSSR count). The third-order valence-electron chi connectivity index (χ3n) is 10.0. The fourth-order valence-electron chi connectivity index (χ4n) is 6.39. The van der Waals surface area contributed by atoms with Crippen molar-refractivity contribution in [3.63, 3.8) is 0 Å². The smallest absolute Gasteiger partial charge is 0.320 e. The van der Waals surface area contributed by atoms with E-state index in [1.54, 1.807) is 24.3 Å². The molecule has 4 unspecified atom stereocenters. The molecule has 0 saturated heterocycles. The van der Waals surface area contributed by atoms with Crippen LogP contribution >= 0.6 is 0 Å². The van der Waals surface area contributed by atoms with Crippen LogP contribution in [0.5, 0.6) is 29.0 Å². The number of phenols is 2. The topological polar surface area (TPSA) is 184 Å². The summed E-state index contributed by atoms with van der Waals surface area (Å²) >= 11 is 0. The number of rotatable bonds is 33. The number of aromatic hydroxyl groups is 2. The molecule has 1 aromatic heterocycles. The summed E-state index contributed by atoms with van der Waals surface area (Å²) < 4.78 is 41.3. The highest BCUT2D eigenvalue weighted by molar-refractivity contribution is 5.70. The number of hydrogen-bond acceptors (Lipinski definition) is 14. The molecule has 2 aromatic carbocycles. The lowest BCUT2D eigenvalue weighted by atomic mass is 10.1. The van der Waals surface area contributed by atoms with Gasteiger partial charge in [-0.25, -0.2) is 4.98 Å². The molecule has 60 heavy (non-hydrogen) atoms. The first kappa shape index (κ1) is 50.6. The van der Waals surface area contributed by atoms with E-state index in [0.717, 1.165) is 89.9 Å². The third-order valence-corrected chi connectivity index (χ3v) is 10.0. The van der Waals surface area contributed by atoms with E-state index in [2.05, 4.69) is 42.6 Å². The van der Waals surface area contributed by atoms with Gasteiger partial charge < -0.3 is 53.6 Å². The molecule has 14 heteroatoms. The van der Waals surface area contributed by atoms with Gasteiger partial charge in [-0.15, -0.1) is 0 Å². The molecule has 3 aromatic rings. The molecular formula is C46H73N3O11. The van der Waals surface area contributed by atoms with E-state index in [0.29, 0.717) is 13.2 Å². The third kappa shape index (κ3) is 17.3. The Morgan fingerprint density at radius 1 is 0.550 bits per heavy atom. The number of benzene rings is 2. The normalized spacial score (nSPS) is 14.6. The second kappa shape index (κ2) is 27.2. The first-order chi connectivity index (χ1) is 28.9. The lowest BCUT2D eigenvalue weighted by molar-refractivity contribution is -0.268. The molecule has 4 N–H and O–H groups in total. The first-order valence-corrected chi connectivity index (χ1v) is 22.1. The largest absolute Gasteiger partial charge is 0.507 e. The molecular weight excluding hydrogens is 771 g/mol. The van der Waals surface area contributed by atoms with Crippen LogP contribution in [0.25, 0.3) is 22.8 Å². The number of methoxy groups -OCH3 is 1. The minimum atomic E-state index is -1.70. The Hall–Kier alpha value is -3.79. The lowest BCUT2D eigenvalue weighted by Crippen LogP contribution is -2.46. The summed E-state index contributed by atoms with van der Waals surface area (Å²) in [6.07, 6.45) is 12.8. The van der Waals surface area contributed by atoms with Crippen molar-refractivity contribution >= 4 is 0 Å². The zero-order chi connectivity index (χ0) is 43.8. The van der Waals surface area contributed by atoms with Gasteiger partial charge in [0.05, 0.1) is 30.4 Å². The van der Waals surface area contributed by atoms with E-state index < -0.39 is 11.6 Å². The molecule has 0 amide bonds. The van der Waals surface area contributed by atoms with Gasteiger partial charge in [0.1, 0.15) is 49.4 Å². The number of hydrogen-bond donors (Lipinski definition) is 4. The predicted octanol–water partition coefficient (Wildman–Crippen LogP) is 9.14. The maximum Gasteiger partial charge on any atom is 0.320 e. The zero-order valence-corrected chi connectivity index (χ0v) is 37.2. The summed E-state index contributed by atoms with van der Waals surface area (Å²) in [7, 11) is 1.40. The Kier molecular flexibility index (Phi) is 22.9. The van der Waals surface area contributed by atoms with Crippen LogP contribution in [0.4, 0.5) is 0 Å². The Morgan fingerprint density at radius 3 is 1.32 bits per heavy atom. The summed E-state index contributed by atoms with van der Waals surface area (Å²) in [5.74, 6) is -3.06. The summed E-state index contributed by atoms with van der Waals surface area (Å²) in [6, 6.07) is 9.18. The first-order valence-electron chi connectivity index (χ1n) is 22.1. The Labute approximate surface area is 357 Å². The van der Waals surface area contributed by atoms with Crippen LogP contribution in [-0.4, -0.2) is 106 Å². The van der Waals surface area contributed by atoms with E-state index in [9.17, 15) is 20.4 Å². The number of unbranched alkanes of at least 4 members (excludes halogenated alkanes) is 6. The predicted molar refractivity (Wildman–Crippen MR) is 232 cm³/mol. The van der Waals surface area contributed by atoms with Crippen molar-refractivity contribution in [3.8, 4) is 51.8 Å². The summed E-state index contributed by atoms with van der Waals surface area (Å²) in [5.41, 5.74) is 0.501. The molecule has 0 aliphatic carbocycles. The molecule has 14 nitrogen and oxygen atoms in total. The monoisotopic (exact) mass is 844 g/mol. The van der Waals surface area contributed by atoms with Crippen LogP contribution in [0.1, 0.15) is 131 Å². The highest BCUT2D eigenvalue weighted by Gasteiger charge is 2.34. The molecule has 0 radical (unpaired) electrons. The summed E-state index contributed by atoms with van der Waals surface area (Å²) in [4.78, 5) is 13.3. The van der Waals surface area contributed by atoms with Crippen LogP contribution in [0, 0.1) is 0 Å². The lowest BCUT2D eigenvalue weighted by Gasteiger charge is -2.32. The van der Waals surface area contributed by atoms with Crippen molar-refractivity contribution in [2.45, 2.75) is 155 Å². The molecule has 338 valence electrons. The summed E-state index contributed by atoms with van der Waals surface area (Å²) in [6.45, 7) is 12.9. The van der Waals surface area contributed by atoms with Crippen molar-refractivity contribution in [2.24, 2.45) is 0 Å². The quantitative estimate of drug-likeness (QED) is 0.0336. The molecule has 0 bridgehead atoms. The van der Waals surface area contributed by atoms with Gasteiger partial charge in [-0.2, -0.15) is 9.97 Å². The number of phenolic OH excluding ortho intramolecular Hbond substituents is 2. The van der Waals surface area contributed by atoms with Gasteiger partial charge in [-0.1, -0.05) is 92.9 Å². The fourth-order valence-corrected chi connectivity index (χ4v) is 6.39. The zero-order valence-electron chi connectivity index (χ0n) is 37.2. The highest BCUT2D eigenvalue weighted by Crippen LogP contribution is 2.36. The van der Waals surface area contributed by atoms with Gasteiger partial charge in [-0.3, -0.25) is 0 Å². The van der Waals surface area contributed by atoms with Crippen molar-refractivity contribution < 1.29 is 53.6 Å². The second-order valence-corrected chi connectivity index (χ2v) is 15.4. The Morgan fingerprint density at radius 2 is 0.967 bits per heavy atom. The fraction of sp³-hybridized carbons (Fsp3) is 0.674. The van der Waals surface area contributed by atoms with Crippen LogP contribution in [-0.2, 0) is 18.9 Å². The van der Waals surface area contributed by atoms with Crippen LogP contribution in [0.3, 0.4) is 0 Å². The van der Waals surface area contributed by atoms with Crippen LogP contribution in [0.15, 0.2) is 36.4 Å². The van der Waals surface area contributed by atoms with Gasteiger partial charge in [0.15, 0.2) is 11.6 Å². The van der Waals surface area contributed by atoms with Gasteiger partial charge in [-0.05, 0) is 62.8 Å². The van der Waals surface area contributed by atoms with Gasteiger partial charge in [0, 0.05) is 25.3 Å². The van der Waals surface area contributed by atoms with Crippen molar-refractivity contribution in [3.05, 3.63) is 36.4 Å². The van der Waals surface area contributed by atoms with E-state index in [1.165, 1.54) is 19.2 Å². The number of aliphatic hydroxyl groups is 2. The number of ether oxygens (including phenoxy) is 7. The second-order valence-electron chi connectivity index (χ2n) is 15.4. The molecule has 0 spiro atoms. The van der Waals surface area contributed by atoms with Crippen LogP contribution in [0.2, 0.25) is 0 Å². The van der Waals surface area contributed by atoms with Gasteiger partial charge in [0.2, 0.25) is 11.6 Å². The minimum Gasteiger partial charge on any atom is -0.507 e. The van der Waals surface area contributed by atoms with E-state index in [1.807, 2.05) is 13.8 Å². The number of aromatic nitrogens is 3. The maximum atomic E-state index is 11.5. The molecule has 0 saturated carbocycles. The molecule has 1 heterocycles. The molecule has 0 aliphatic rings. The molecule has 0 fully saturated rings. The summed E-state index contributed by atoms with van der Waals surface area (Å²) in [5, 5.41) is 45.4. The van der Waals surface area contributed by atoms with E-state index >= 15 is 0 Å². The molecule has 0 aliphatic heterocycles. The van der Waals surface area contributed by atoms with Crippen molar-refractivity contribution in [1.82, 2.24) is 15.0 Å². The Balaban J connectivity index is 1.79. The van der Waals surface area contributed by atoms with E-state index in [-0.39, 0.29) is 90.4 Å². The number of nitrogens with zero attached hydrogens (tertiary/aromatic N) is 3. The maximum absolute atomic E-state index is 11.5. The van der Waals surface area contributed by atoms with Crippen molar-refractivity contribution in [2.75, 3.05) is 46.8 Å². The van der Waals surface area contributed by atoms with Crippen molar-refractivity contribution in [1.29, 1.82) is 0 Å². The van der Waals surface area contributed by atoms with Crippen LogP contribution < -0.4 is 14.2 Å². The molecule has 4 atom stereocenters.